The quantitative estimate of drug-likeness (QED) is 0.725. The molecule has 2 aromatic rings. The van der Waals surface area contributed by atoms with Crippen molar-refractivity contribution in [3.63, 3.8) is 0 Å². The van der Waals surface area contributed by atoms with E-state index in [1.165, 1.54) is 12.8 Å². The van der Waals surface area contributed by atoms with Crippen LogP contribution in [0.15, 0.2) is 30.3 Å². The molecular weight excluding hydrogens is 268 g/mol. The molecule has 1 atom stereocenters. The number of aliphatic hydroxyl groups is 1. The maximum absolute atomic E-state index is 12.0. The van der Waals surface area contributed by atoms with Crippen LogP contribution in [0.4, 0.5) is 0 Å². The number of H-pyrrole nitrogens is 1. The molecule has 1 saturated carbocycles. The first kappa shape index (κ1) is 14.1. The largest absolute Gasteiger partial charge is 0.389 e. The number of aliphatic hydroxyl groups excluding tert-OH is 1. The lowest BCUT2D eigenvalue weighted by molar-refractivity contribution is 0.0320. The zero-order chi connectivity index (χ0) is 14.7. The van der Waals surface area contributed by atoms with Crippen molar-refractivity contribution in [2.24, 2.45) is 5.92 Å². The molecule has 5 nitrogen and oxygen atoms in total. The van der Waals surface area contributed by atoms with Gasteiger partial charge in [-0.25, -0.2) is 0 Å². The molecule has 1 aliphatic rings. The normalized spacial score (nSPS) is 16.0. The van der Waals surface area contributed by atoms with Crippen LogP contribution < -0.4 is 5.32 Å². The molecule has 5 heteroatoms. The van der Waals surface area contributed by atoms with Crippen molar-refractivity contribution in [2.75, 3.05) is 19.8 Å². The van der Waals surface area contributed by atoms with Gasteiger partial charge < -0.3 is 20.1 Å². The van der Waals surface area contributed by atoms with Gasteiger partial charge in [-0.05, 0) is 30.9 Å². The van der Waals surface area contributed by atoms with Gasteiger partial charge >= 0.3 is 0 Å². The third-order valence-electron chi connectivity index (χ3n) is 3.63. The van der Waals surface area contributed by atoms with Gasteiger partial charge in [0.25, 0.3) is 5.91 Å². The lowest BCUT2D eigenvalue weighted by Gasteiger charge is -2.11. The van der Waals surface area contributed by atoms with Crippen LogP contribution in [0.1, 0.15) is 23.3 Å². The van der Waals surface area contributed by atoms with Gasteiger partial charge in [0.15, 0.2) is 0 Å². The number of hydrogen-bond donors (Lipinski definition) is 3. The van der Waals surface area contributed by atoms with Crippen LogP contribution in [0, 0.1) is 5.92 Å². The van der Waals surface area contributed by atoms with E-state index >= 15 is 0 Å². The standard InChI is InChI=1S/C16H20N2O3/c19-13(10-21-9-11-5-6-11)8-17-16(20)15-7-12-3-1-2-4-14(12)18-15/h1-4,7,11,13,18-19H,5-6,8-10H2,(H,17,20). The minimum Gasteiger partial charge on any atom is -0.389 e. The minimum atomic E-state index is -0.669. The Morgan fingerprint density at radius 2 is 2.24 bits per heavy atom. The molecule has 1 aromatic heterocycles. The molecule has 1 heterocycles. The van der Waals surface area contributed by atoms with E-state index in [0.29, 0.717) is 18.2 Å². The molecule has 1 aromatic carbocycles. The van der Waals surface area contributed by atoms with Crippen LogP contribution in [-0.4, -0.2) is 41.9 Å². The first-order valence-electron chi connectivity index (χ1n) is 7.34. The van der Waals surface area contributed by atoms with Crippen LogP contribution in [0.25, 0.3) is 10.9 Å². The summed E-state index contributed by atoms with van der Waals surface area (Å²) in [6, 6.07) is 9.52. The molecule has 1 aliphatic carbocycles. The van der Waals surface area contributed by atoms with E-state index < -0.39 is 6.10 Å². The molecule has 112 valence electrons. The van der Waals surface area contributed by atoms with E-state index in [1.54, 1.807) is 6.07 Å². The summed E-state index contributed by atoms with van der Waals surface area (Å²) in [7, 11) is 0. The zero-order valence-electron chi connectivity index (χ0n) is 11.8. The average Bonchev–Trinajstić information content (AvgIpc) is 3.20. The maximum atomic E-state index is 12.0. The molecule has 0 bridgehead atoms. The van der Waals surface area contributed by atoms with Gasteiger partial charge in [-0.15, -0.1) is 0 Å². The van der Waals surface area contributed by atoms with Gasteiger partial charge in [0.05, 0.1) is 12.7 Å². The Morgan fingerprint density at radius 1 is 1.43 bits per heavy atom. The molecule has 0 saturated heterocycles. The number of fused-ring (bicyclic) bond motifs is 1. The Kier molecular flexibility index (Phi) is 4.22. The first-order chi connectivity index (χ1) is 10.2. The summed E-state index contributed by atoms with van der Waals surface area (Å²) in [4.78, 5) is 15.1. The Labute approximate surface area is 123 Å². The Bertz CT molecular complexity index is 586. The van der Waals surface area contributed by atoms with Crippen molar-refractivity contribution in [3.05, 3.63) is 36.0 Å². The van der Waals surface area contributed by atoms with Crippen molar-refractivity contribution in [3.8, 4) is 0 Å². The van der Waals surface area contributed by atoms with E-state index in [0.717, 1.165) is 10.9 Å². The highest BCUT2D eigenvalue weighted by atomic mass is 16.5. The number of hydrogen-bond acceptors (Lipinski definition) is 3. The number of nitrogens with one attached hydrogen (secondary N) is 2. The number of benzene rings is 1. The van der Waals surface area contributed by atoms with Crippen LogP contribution in [-0.2, 0) is 4.74 Å². The van der Waals surface area contributed by atoms with Gasteiger partial charge in [-0.1, -0.05) is 18.2 Å². The molecule has 0 radical (unpaired) electrons. The van der Waals surface area contributed by atoms with Gasteiger partial charge in [0, 0.05) is 24.1 Å². The highest BCUT2D eigenvalue weighted by Gasteiger charge is 2.21. The summed E-state index contributed by atoms with van der Waals surface area (Å²) in [5.74, 6) is 0.464. The molecule has 1 unspecified atom stereocenters. The number of carbonyl (C=O) groups is 1. The lowest BCUT2D eigenvalue weighted by atomic mass is 10.2. The van der Waals surface area contributed by atoms with Crippen LogP contribution in [0.2, 0.25) is 0 Å². The maximum Gasteiger partial charge on any atom is 0.267 e. The molecular formula is C16H20N2O3. The van der Waals surface area contributed by atoms with Crippen molar-refractivity contribution in [2.45, 2.75) is 18.9 Å². The predicted octanol–water partition coefficient (Wildman–Crippen LogP) is 1.69. The van der Waals surface area contributed by atoms with Gasteiger partial charge in [-0.2, -0.15) is 0 Å². The van der Waals surface area contributed by atoms with Crippen LogP contribution in [0.5, 0.6) is 0 Å². The van der Waals surface area contributed by atoms with Crippen molar-refractivity contribution in [1.29, 1.82) is 0 Å². The summed E-state index contributed by atoms with van der Waals surface area (Å²) in [6.07, 6.45) is 1.79. The Balaban J connectivity index is 1.46. The molecule has 0 aliphatic heterocycles. The lowest BCUT2D eigenvalue weighted by Crippen LogP contribution is -2.34. The SMILES string of the molecule is O=C(NCC(O)COCC1CC1)c1cc2ccccc2[nH]1. The fourth-order valence-corrected chi connectivity index (χ4v) is 2.22. The summed E-state index contributed by atoms with van der Waals surface area (Å²) in [5.41, 5.74) is 1.43. The second-order valence-electron chi connectivity index (χ2n) is 5.61. The molecule has 3 N–H and O–H groups in total. The number of amides is 1. The Hall–Kier alpha value is -1.85. The second kappa shape index (κ2) is 6.28. The van der Waals surface area contributed by atoms with E-state index in [4.69, 9.17) is 4.74 Å². The van der Waals surface area contributed by atoms with Crippen molar-refractivity contribution < 1.29 is 14.6 Å². The van der Waals surface area contributed by atoms with E-state index in [9.17, 15) is 9.90 Å². The second-order valence-corrected chi connectivity index (χ2v) is 5.61. The molecule has 3 rings (SSSR count). The fraction of sp³-hybridized carbons (Fsp3) is 0.438. The third kappa shape index (κ3) is 3.83. The molecule has 21 heavy (non-hydrogen) atoms. The fourth-order valence-electron chi connectivity index (χ4n) is 2.22. The van der Waals surface area contributed by atoms with Gasteiger partial charge in [0.2, 0.25) is 0 Å². The third-order valence-corrected chi connectivity index (χ3v) is 3.63. The first-order valence-corrected chi connectivity index (χ1v) is 7.34. The summed E-state index contributed by atoms with van der Waals surface area (Å²) in [6.45, 7) is 1.18. The Morgan fingerprint density at radius 3 is 3.00 bits per heavy atom. The highest BCUT2D eigenvalue weighted by Crippen LogP contribution is 2.28. The van der Waals surface area contributed by atoms with E-state index in [-0.39, 0.29) is 19.1 Å². The van der Waals surface area contributed by atoms with E-state index in [1.807, 2.05) is 24.3 Å². The van der Waals surface area contributed by atoms with Gasteiger partial charge in [-0.3, -0.25) is 4.79 Å². The number of aromatic amines is 1. The summed E-state index contributed by atoms with van der Waals surface area (Å²) < 4.78 is 5.40. The minimum absolute atomic E-state index is 0.193. The summed E-state index contributed by atoms with van der Waals surface area (Å²) >= 11 is 0. The monoisotopic (exact) mass is 288 g/mol. The number of carbonyl (C=O) groups excluding carboxylic acids is 1. The highest BCUT2D eigenvalue weighted by molar-refractivity contribution is 5.97. The van der Waals surface area contributed by atoms with Crippen LogP contribution in [0.3, 0.4) is 0 Å². The zero-order valence-corrected chi connectivity index (χ0v) is 11.8. The summed E-state index contributed by atoms with van der Waals surface area (Å²) in [5, 5.41) is 13.5. The number of para-hydroxylation sites is 1. The molecule has 0 spiro atoms. The van der Waals surface area contributed by atoms with Gasteiger partial charge in [0.1, 0.15) is 5.69 Å². The average molecular weight is 288 g/mol. The van der Waals surface area contributed by atoms with E-state index in [2.05, 4.69) is 10.3 Å². The predicted molar refractivity (Wildman–Crippen MR) is 80.2 cm³/mol. The molecule has 1 amide bonds. The smallest absolute Gasteiger partial charge is 0.267 e. The van der Waals surface area contributed by atoms with Crippen LogP contribution >= 0.6 is 0 Å². The number of aromatic nitrogens is 1. The van der Waals surface area contributed by atoms with Crippen molar-refractivity contribution >= 4 is 16.8 Å². The number of ether oxygens (including phenoxy) is 1. The molecule has 1 fully saturated rings. The number of rotatable bonds is 7. The van der Waals surface area contributed by atoms with Crippen molar-refractivity contribution in [1.82, 2.24) is 10.3 Å². The topological polar surface area (TPSA) is 74.3 Å².